The van der Waals surface area contributed by atoms with Crippen molar-refractivity contribution in [3.8, 4) is 28.4 Å². The van der Waals surface area contributed by atoms with Crippen LogP contribution in [-0.4, -0.2) is 35.1 Å². The van der Waals surface area contributed by atoms with Crippen LogP contribution in [-0.2, 0) is 0 Å². The number of carbonyl (C=O) groups is 1. The van der Waals surface area contributed by atoms with Crippen LogP contribution < -0.4 is 14.4 Å². The van der Waals surface area contributed by atoms with Gasteiger partial charge in [-0.05, 0) is 36.2 Å². The van der Waals surface area contributed by atoms with Crippen molar-refractivity contribution in [3.05, 3.63) is 64.9 Å². The predicted molar refractivity (Wildman–Crippen MR) is 121 cm³/mol. The molecule has 6 bridgehead atoms. The van der Waals surface area contributed by atoms with Crippen LogP contribution in [0.4, 0.5) is 14.6 Å². The predicted octanol–water partition coefficient (Wildman–Crippen LogP) is 5.84. The summed E-state index contributed by atoms with van der Waals surface area (Å²) in [4.78, 5) is 18.8. The number of ether oxygens (including phenoxy) is 1. The van der Waals surface area contributed by atoms with Crippen molar-refractivity contribution in [1.29, 1.82) is 0 Å². The van der Waals surface area contributed by atoms with Crippen molar-refractivity contribution in [2.24, 2.45) is 0 Å². The van der Waals surface area contributed by atoms with E-state index in [2.05, 4.69) is 9.66 Å². The molecule has 2 heterocycles. The maximum Gasteiger partial charge on any atom is 0.254 e. The Morgan fingerprint density at radius 2 is 2.03 bits per heavy atom. The largest absolute Gasteiger partial charge is 0.505 e. The lowest BCUT2D eigenvalue weighted by Crippen LogP contribution is -2.31. The van der Waals surface area contributed by atoms with Crippen LogP contribution in [0, 0.1) is 5.82 Å². The number of rotatable bonds is 1. The Morgan fingerprint density at radius 1 is 1.21 bits per heavy atom. The van der Waals surface area contributed by atoms with Crippen LogP contribution in [0.5, 0.6) is 17.2 Å². The van der Waals surface area contributed by atoms with Gasteiger partial charge in [0, 0.05) is 40.2 Å². The van der Waals surface area contributed by atoms with Crippen molar-refractivity contribution in [2.75, 3.05) is 17.8 Å². The van der Waals surface area contributed by atoms with Gasteiger partial charge in [0.1, 0.15) is 23.4 Å². The Kier molecular flexibility index (Phi) is 5.67. The van der Waals surface area contributed by atoms with Gasteiger partial charge in [-0.1, -0.05) is 29.8 Å². The van der Waals surface area contributed by atoms with E-state index < -0.39 is 5.82 Å². The summed E-state index contributed by atoms with van der Waals surface area (Å²) in [5.74, 6) is -1.14. The molecule has 1 fully saturated rings. The zero-order chi connectivity index (χ0) is 23.1. The monoisotopic (exact) mass is 490 g/mol. The van der Waals surface area contributed by atoms with Crippen LogP contribution in [0.1, 0.15) is 16.8 Å². The minimum absolute atomic E-state index is 0.00405. The lowest BCUT2D eigenvalue weighted by Gasteiger charge is -2.19. The highest BCUT2D eigenvalue weighted by Crippen LogP contribution is 2.42. The molecule has 0 spiro atoms. The van der Waals surface area contributed by atoms with Crippen LogP contribution in [0.3, 0.4) is 0 Å². The SMILES string of the molecule is O=C1c2cc(Cl)c(O)c(c2)SNc2cc(c(F)cc2OF)-c2ccccc2OC2CCN1C2. The van der Waals surface area contributed by atoms with Crippen molar-refractivity contribution in [2.45, 2.75) is 17.4 Å². The van der Waals surface area contributed by atoms with E-state index in [1.54, 1.807) is 29.2 Å². The number of hydrogen-bond acceptors (Lipinski definition) is 6. The lowest BCUT2D eigenvalue weighted by molar-refractivity contribution is -0.00552. The topological polar surface area (TPSA) is 71.0 Å². The first-order chi connectivity index (χ1) is 15.9. The number of nitrogens with zero attached hydrogens (tertiary/aromatic N) is 1. The Labute approximate surface area is 197 Å². The number of halogens is 3. The molecular formula is C23H17ClF2N2O4S. The minimum atomic E-state index is -0.699. The third kappa shape index (κ3) is 4.02. The molecule has 3 aromatic rings. The van der Waals surface area contributed by atoms with E-state index in [-0.39, 0.29) is 44.7 Å². The summed E-state index contributed by atoms with van der Waals surface area (Å²) in [5, 5.41) is 10.4. The number of anilines is 1. The molecule has 33 heavy (non-hydrogen) atoms. The van der Waals surface area contributed by atoms with Crippen LogP contribution in [0.15, 0.2) is 53.4 Å². The summed E-state index contributed by atoms with van der Waals surface area (Å²) < 4.78 is 37.2. The summed E-state index contributed by atoms with van der Waals surface area (Å²) in [6.07, 6.45) is 0.299. The summed E-state index contributed by atoms with van der Waals surface area (Å²) in [5.41, 5.74) is 1.05. The van der Waals surface area contributed by atoms with E-state index in [9.17, 15) is 18.8 Å². The van der Waals surface area contributed by atoms with Crippen molar-refractivity contribution in [1.82, 2.24) is 4.90 Å². The Bertz CT molecular complexity index is 1260. The molecule has 2 aliphatic rings. The molecule has 0 saturated carbocycles. The molecule has 2 N–H and O–H groups in total. The summed E-state index contributed by atoms with van der Waals surface area (Å²) in [6, 6.07) is 12.1. The molecule has 2 aliphatic heterocycles. The molecule has 0 aromatic heterocycles. The van der Waals surface area contributed by atoms with Crippen LogP contribution in [0.25, 0.3) is 11.1 Å². The Hall–Kier alpha value is -3.17. The number of nitrogens with one attached hydrogen (secondary N) is 1. The highest BCUT2D eigenvalue weighted by atomic mass is 35.5. The number of amides is 1. The van der Waals surface area contributed by atoms with Gasteiger partial charge in [-0.3, -0.25) is 9.74 Å². The second kappa shape index (κ2) is 8.64. The average molecular weight is 491 g/mol. The maximum absolute atomic E-state index is 15.0. The van der Waals surface area contributed by atoms with Gasteiger partial charge in [0.15, 0.2) is 5.75 Å². The number of para-hydroxylation sites is 1. The highest BCUT2D eigenvalue weighted by Gasteiger charge is 2.30. The quantitative estimate of drug-likeness (QED) is 0.417. The minimum Gasteiger partial charge on any atom is -0.505 e. The smallest absolute Gasteiger partial charge is 0.254 e. The fraction of sp³-hybridized carbons (Fsp3) is 0.174. The van der Waals surface area contributed by atoms with Gasteiger partial charge in [0.05, 0.1) is 22.2 Å². The molecule has 5 rings (SSSR count). The molecule has 170 valence electrons. The first-order valence-corrected chi connectivity index (χ1v) is 11.3. The second-order valence-electron chi connectivity index (χ2n) is 7.69. The molecule has 1 atom stereocenters. The average Bonchev–Trinajstić information content (AvgIpc) is 3.28. The molecule has 1 saturated heterocycles. The molecule has 3 aromatic carbocycles. The Balaban J connectivity index is 1.67. The van der Waals surface area contributed by atoms with Gasteiger partial charge in [-0.15, -0.1) is 0 Å². The normalized spacial score (nSPS) is 17.4. The molecule has 1 unspecified atom stereocenters. The molecule has 0 aliphatic carbocycles. The number of hydrogen-bond donors (Lipinski definition) is 2. The van der Waals surface area contributed by atoms with E-state index in [1.807, 2.05) is 0 Å². The fourth-order valence-electron chi connectivity index (χ4n) is 3.95. The standard InChI is InChI=1S/C23H17ClF2N2O4S/c24-16-7-12-8-21(22(16)29)33-27-18-9-15(17(25)10-20(18)32-26)14-3-1-2-4-19(14)31-13-5-6-28(11-13)23(12)30/h1-4,7-10,13,27,29H,5-6,11H2. The Morgan fingerprint density at radius 3 is 2.85 bits per heavy atom. The zero-order valence-corrected chi connectivity index (χ0v) is 18.6. The van der Waals surface area contributed by atoms with E-state index >= 15 is 0 Å². The van der Waals surface area contributed by atoms with Gasteiger partial charge in [0.2, 0.25) is 0 Å². The van der Waals surface area contributed by atoms with E-state index in [4.69, 9.17) is 16.3 Å². The number of phenolic OH excluding ortho intramolecular Hbond substituents is 1. The number of carbonyl (C=O) groups excluding carboxylic acids is 1. The molecular weight excluding hydrogens is 474 g/mol. The molecule has 6 nitrogen and oxygen atoms in total. The van der Waals surface area contributed by atoms with Crippen molar-refractivity contribution >= 4 is 35.1 Å². The summed E-state index contributed by atoms with van der Waals surface area (Å²) >= 11 is 7.05. The molecule has 1 amide bonds. The van der Waals surface area contributed by atoms with Gasteiger partial charge < -0.3 is 19.5 Å². The number of aromatic hydroxyl groups is 1. The van der Waals surface area contributed by atoms with Gasteiger partial charge in [0.25, 0.3) is 5.91 Å². The van der Waals surface area contributed by atoms with Gasteiger partial charge in [-0.25, -0.2) is 4.39 Å². The van der Waals surface area contributed by atoms with Crippen molar-refractivity contribution in [3.63, 3.8) is 0 Å². The number of phenols is 1. The maximum atomic E-state index is 15.0. The van der Waals surface area contributed by atoms with E-state index in [0.29, 0.717) is 36.4 Å². The lowest BCUT2D eigenvalue weighted by atomic mass is 10.0. The summed E-state index contributed by atoms with van der Waals surface area (Å²) in [7, 11) is 0. The third-order valence-electron chi connectivity index (χ3n) is 5.60. The summed E-state index contributed by atoms with van der Waals surface area (Å²) in [6.45, 7) is 0.820. The number of fused-ring (bicyclic) bond motifs is 8. The van der Waals surface area contributed by atoms with Crippen molar-refractivity contribution < 1.29 is 28.5 Å². The first kappa shape index (κ1) is 21.7. The third-order valence-corrected chi connectivity index (χ3v) is 6.74. The van der Waals surface area contributed by atoms with Crippen LogP contribution in [0.2, 0.25) is 5.02 Å². The zero-order valence-electron chi connectivity index (χ0n) is 17.0. The van der Waals surface area contributed by atoms with E-state index in [1.165, 1.54) is 18.2 Å². The van der Waals surface area contributed by atoms with E-state index in [0.717, 1.165) is 18.0 Å². The molecule has 10 heteroatoms. The van der Waals surface area contributed by atoms with Gasteiger partial charge in [-0.2, -0.15) is 0 Å². The van der Waals surface area contributed by atoms with Gasteiger partial charge >= 0.3 is 0 Å². The molecule has 0 radical (unpaired) electrons. The first-order valence-electron chi connectivity index (χ1n) is 10.1. The fourth-order valence-corrected chi connectivity index (χ4v) is 5.00. The highest BCUT2D eigenvalue weighted by molar-refractivity contribution is 8.00. The second-order valence-corrected chi connectivity index (χ2v) is 8.95. The number of benzene rings is 3. The van der Waals surface area contributed by atoms with Crippen LogP contribution >= 0.6 is 23.5 Å².